The lowest BCUT2D eigenvalue weighted by Crippen LogP contribution is -2.36. The van der Waals surface area contributed by atoms with E-state index in [1.807, 2.05) is 30.3 Å². The standard InChI is InChI=1S/C27H27ClN2O6S/c1-2-35-25(31)14-24-30(15-19-12-21(28)13-20-16-34-17-36-26(19)20)27(32)23(37-24)11-18-3-5-22(6-4-18)29-7-9-33-10-8-29/h3-6,11-14H,2,7-10,15-17H2,1H3/b23-11-,24-14-. The quantitative estimate of drug-likeness (QED) is 0.443. The van der Waals surface area contributed by atoms with Crippen LogP contribution in [0.2, 0.25) is 5.02 Å². The van der Waals surface area contributed by atoms with Crippen molar-refractivity contribution >= 4 is 46.7 Å². The molecule has 10 heteroatoms. The monoisotopic (exact) mass is 542 g/mol. The molecule has 0 saturated carbocycles. The topological polar surface area (TPSA) is 79.2 Å². The van der Waals surface area contributed by atoms with Crippen molar-refractivity contribution in [2.45, 2.75) is 20.1 Å². The van der Waals surface area contributed by atoms with Crippen LogP contribution in [-0.2, 0) is 32.2 Å². The molecule has 2 aliphatic heterocycles. The Bertz CT molecular complexity index is 1460. The minimum absolute atomic E-state index is 0.126. The summed E-state index contributed by atoms with van der Waals surface area (Å²) in [5.41, 5.74) is 3.37. The first-order chi connectivity index (χ1) is 18.0. The van der Waals surface area contributed by atoms with Crippen molar-refractivity contribution in [3.63, 3.8) is 0 Å². The minimum Gasteiger partial charge on any atom is -0.467 e. The Kier molecular flexibility index (Phi) is 7.95. The molecule has 0 unspecified atom stereocenters. The van der Waals surface area contributed by atoms with Crippen molar-refractivity contribution in [1.29, 1.82) is 0 Å². The average molecular weight is 543 g/mol. The van der Waals surface area contributed by atoms with Gasteiger partial charge in [-0.1, -0.05) is 23.7 Å². The number of nitrogens with zero attached hydrogens (tertiary/aromatic N) is 2. The molecule has 3 aromatic rings. The number of anilines is 1. The fraction of sp³-hybridized carbons (Fsp3) is 0.333. The highest BCUT2D eigenvalue weighted by Gasteiger charge is 2.18. The summed E-state index contributed by atoms with van der Waals surface area (Å²) < 4.78 is 24.2. The van der Waals surface area contributed by atoms with E-state index in [2.05, 4.69) is 4.90 Å². The number of hydrogen-bond acceptors (Lipinski definition) is 8. The third-order valence-electron chi connectivity index (χ3n) is 6.11. The number of carbonyl (C=O) groups excluding carboxylic acids is 1. The fourth-order valence-electron chi connectivity index (χ4n) is 4.38. The number of aromatic nitrogens is 1. The predicted octanol–water partition coefficient (Wildman–Crippen LogP) is 2.49. The van der Waals surface area contributed by atoms with E-state index in [9.17, 15) is 9.59 Å². The third kappa shape index (κ3) is 5.91. The number of ether oxygens (including phenoxy) is 4. The number of hydrogen-bond donors (Lipinski definition) is 0. The number of morpholine rings is 1. The first kappa shape index (κ1) is 25.5. The van der Waals surface area contributed by atoms with Crippen LogP contribution in [0.1, 0.15) is 23.6 Å². The summed E-state index contributed by atoms with van der Waals surface area (Å²) >= 11 is 7.58. The van der Waals surface area contributed by atoms with Crippen LogP contribution in [-0.4, -0.2) is 50.2 Å². The van der Waals surface area contributed by atoms with Gasteiger partial charge in [0.05, 0.1) is 43.6 Å². The molecule has 0 atom stereocenters. The van der Waals surface area contributed by atoms with Gasteiger partial charge < -0.3 is 23.8 Å². The van der Waals surface area contributed by atoms with Crippen LogP contribution in [0.3, 0.4) is 0 Å². The Balaban J connectivity index is 1.54. The first-order valence-corrected chi connectivity index (χ1v) is 13.3. The van der Waals surface area contributed by atoms with Crippen LogP contribution >= 0.6 is 22.9 Å². The zero-order valence-corrected chi connectivity index (χ0v) is 22.0. The van der Waals surface area contributed by atoms with E-state index in [1.165, 1.54) is 17.4 Å². The summed E-state index contributed by atoms with van der Waals surface area (Å²) in [5, 5.41) is 0.522. The van der Waals surface area contributed by atoms with Gasteiger partial charge >= 0.3 is 5.97 Å². The predicted molar refractivity (Wildman–Crippen MR) is 143 cm³/mol. The summed E-state index contributed by atoms with van der Waals surface area (Å²) in [6.45, 7) is 5.83. The van der Waals surface area contributed by atoms with Gasteiger partial charge in [0.25, 0.3) is 5.56 Å². The number of rotatable bonds is 6. The molecular formula is C27H27ClN2O6S. The minimum atomic E-state index is -0.503. The van der Waals surface area contributed by atoms with Gasteiger partial charge in [-0.2, -0.15) is 0 Å². The fourth-order valence-corrected chi connectivity index (χ4v) is 5.67. The normalized spacial score (nSPS) is 16.4. The molecule has 8 nitrogen and oxygen atoms in total. The second-order valence-corrected chi connectivity index (χ2v) is 10.1. The highest BCUT2D eigenvalue weighted by atomic mass is 35.5. The highest BCUT2D eigenvalue weighted by molar-refractivity contribution is 7.07. The molecule has 0 radical (unpaired) electrons. The summed E-state index contributed by atoms with van der Waals surface area (Å²) in [4.78, 5) is 28.1. The van der Waals surface area contributed by atoms with E-state index in [4.69, 9.17) is 30.5 Å². The van der Waals surface area contributed by atoms with E-state index in [1.54, 1.807) is 23.6 Å². The Morgan fingerprint density at radius 1 is 1.16 bits per heavy atom. The molecule has 37 heavy (non-hydrogen) atoms. The van der Waals surface area contributed by atoms with Gasteiger partial charge in [-0.15, -0.1) is 11.3 Å². The second kappa shape index (κ2) is 11.5. The number of fused-ring (bicyclic) bond motifs is 1. The molecule has 2 aliphatic rings. The molecule has 0 amide bonds. The van der Waals surface area contributed by atoms with Gasteiger partial charge in [-0.3, -0.25) is 9.36 Å². The summed E-state index contributed by atoms with van der Waals surface area (Å²) in [5.74, 6) is 0.150. The number of esters is 1. The lowest BCUT2D eigenvalue weighted by atomic mass is 10.1. The second-order valence-electron chi connectivity index (χ2n) is 8.59. The van der Waals surface area contributed by atoms with Crippen LogP contribution in [0.4, 0.5) is 5.69 Å². The molecule has 0 N–H and O–H groups in total. The van der Waals surface area contributed by atoms with Gasteiger partial charge in [0.15, 0.2) is 6.79 Å². The van der Waals surface area contributed by atoms with Crippen LogP contribution in [0.15, 0.2) is 41.2 Å². The van der Waals surface area contributed by atoms with Crippen LogP contribution in [0.5, 0.6) is 5.75 Å². The Labute approximate surface area is 222 Å². The number of thiazole rings is 1. The Morgan fingerprint density at radius 2 is 1.95 bits per heavy atom. The zero-order valence-electron chi connectivity index (χ0n) is 20.4. The summed E-state index contributed by atoms with van der Waals surface area (Å²) in [6.07, 6.45) is 3.20. The number of carbonyl (C=O) groups is 1. The van der Waals surface area contributed by atoms with E-state index >= 15 is 0 Å². The number of benzene rings is 2. The average Bonchev–Trinajstić information content (AvgIpc) is 3.18. The Morgan fingerprint density at radius 3 is 2.70 bits per heavy atom. The molecule has 0 aliphatic carbocycles. The van der Waals surface area contributed by atoms with Crippen LogP contribution in [0.25, 0.3) is 12.2 Å². The van der Waals surface area contributed by atoms with Crippen LogP contribution < -0.4 is 24.4 Å². The molecule has 1 saturated heterocycles. The lowest BCUT2D eigenvalue weighted by molar-refractivity contribution is -0.135. The van der Waals surface area contributed by atoms with Gasteiger partial charge in [-0.25, -0.2) is 4.79 Å². The highest BCUT2D eigenvalue weighted by Crippen LogP contribution is 2.31. The van der Waals surface area contributed by atoms with Crippen molar-refractivity contribution in [3.05, 3.63) is 77.7 Å². The van der Waals surface area contributed by atoms with Crippen LogP contribution in [0, 0.1) is 0 Å². The maximum Gasteiger partial charge on any atom is 0.333 e. The first-order valence-electron chi connectivity index (χ1n) is 12.1. The molecule has 3 heterocycles. The molecule has 0 spiro atoms. The Hall–Kier alpha value is -3.11. The molecule has 1 fully saturated rings. The molecule has 0 bridgehead atoms. The van der Waals surface area contributed by atoms with Crippen molar-refractivity contribution < 1.29 is 23.7 Å². The van der Waals surface area contributed by atoms with Gasteiger partial charge in [0, 0.05) is 34.9 Å². The molecular weight excluding hydrogens is 516 g/mol. The molecule has 194 valence electrons. The van der Waals surface area contributed by atoms with Crippen molar-refractivity contribution in [2.24, 2.45) is 0 Å². The zero-order chi connectivity index (χ0) is 25.8. The van der Waals surface area contributed by atoms with Crippen molar-refractivity contribution in [2.75, 3.05) is 44.6 Å². The van der Waals surface area contributed by atoms with E-state index in [-0.39, 0.29) is 25.5 Å². The molecule has 1 aromatic heterocycles. The molecule has 5 rings (SSSR count). The van der Waals surface area contributed by atoms with Gasteiger partial charge in [0.2, 0.25) is 0 Å². The maximum atomic E-state index is 13.6. The van der Waals surface area contributed by atoms with E-state index < -0.39 is 5.97 Å². The van der Waals surface area contributed by atoms with Crippen molar-refractivity contribution in [1.82, 2.24) is 4.57 Å². The summed E-state index contributed by atoms with van der Waals surface area (Å²) in [6, 6.07) is 11.6. The SMILES string of the molecule is CCOC(=O)/C=c1\s/c(=C\c2ccc(N3CCOCC3)cc2)c(=O)n1Cc1cc(Cl)cc2c1OCOC2. The third-order valence-corrected chi connectivity index (χ3v) is 7.39. The number of halogens is 1. The van der Waals surface area contributed by atoms with Gasteiger partial charge in [-0.05, 0) is 42.8 Å². The summed E-state index contributed by atoms with van der Waals surface area (Å²) in [7, 11) is 0. The molecule has 2 aromatic carbocycles. The largest absolute Gasteiger partial charge is 0.467 e. The smallest absolute Gasteiger partial charge is 0.333 e. The van der Waals surface area contributed by atoms with Crippen molar-refractivity contribution in [3.8, 4) is 5.75 Å². The van der Waals surface area contributed by atoms with E-state index in [0.29, 0.717) is 26.6 Å². The lowest BCUT2D eigenvalue weighted by Gasteiger charge is -2.28. The maximum absolute atomic E-state index is 13.6. The van der Waals surface area contributed by atoms with E-state index in [0.717, 1.165) is 48.7 Å². The van der Waals surface area contributed by atoms with Gasteiger partial charge in [0.1, 0.15) is 10.4 Å².